The van der Waals surface area contributed by atoms with E-state index in [1.165, 1.54) is 6.33 Å². The lowest BCUT2D eigenvalue weighted by molar-refractivity contribution is 0.219. The monoisotopic (exact) mass is 238 g/mol. The van der Waals surface area contributed by atoms with E-state index < -0.39 is 0 Å². The zero-order valence-corrected chi connectivity index (χ0v) is 9.94. The average molecular weight is 238 g/mol. The van der Waals surface area contributed by atoms with Crippen molar-refractivity contribution in [1.29, 1.82) is 0 Å². The van der Waals surface area contributed by atoms with Gasteiger partial charge < -0.3 is 20.9 Å². The average Bonchev–Trinajstić information content (AvgIpc) is 3.11. The number of ether oxygens (including phenoxy) is 1. The Morgan fingerprint density at radius 3 is 2.88 bits per heavy atom. The van der Waals surface area contributed by atoms with E-state index in [2.05, 4.69) is 15.3 Å². The molecule has 0 saturated heterocycles. The van der Waals surface area contributed by atoms with Gasteiger partial charge in [0.2, 0.25) is 5.88 Å². The van der Waals surface area contributed by atoms with E-state index in [4.69, 9.17) is 10.5 Å². The summed E-state index contributed by atoms with van der Waals surface area (Å²) in [6, 6.07) is 0. The van der Waals surface area contributed by atoms with Crippen LogP contribution in [-0.4, -0.2) is 34.8 Å². The van der Waals surface area contributed by atoms with Crippen molar-refractivity contribution in [2.45, 2.75) is 19.8 Å². The highest BCUT2D eigenvalue weighted by Crippen LogP contribution is 2.45. The van der Waals surface area contributed by atoms with Crippen LogP contribution in [0.3, 0.4) is 0 Å². The summed E-state index contributed by atoms with van der Waals surface area (Å²) in [5.41, 5.74) is 6.32. The first-order valence-corrected chi connectivity index (χ1v) is 5.79. The molecule has 0 radical (unpaired) electrons. The number of hydrogen-bond donors (Lipinski definition) is 3. The molecule has 1 aliphatic rings. The van der Waals surface area contributed by atoms with E-state index in [0.717, 1.165) is 12.8 Å². The molecule has 1 saturated carbocycles. The van der Waals surface area contributed by atoms with Crippen molar-refractivity contribution in [1.82, 2.24) is 9.97 Å². The lowest BCUT2D eigenvalue weighted by Gasteiger charge is -2.15. The zero-order valence-electron chi connectivity index (χ0n) is 9.94. The van der Waals surface area contributed by atoms with Gasteiger partial charge in [0.05, 0.1) is 13.2 Å². The molecule has 0 bridgehead atoms. The summed E-state index contributed by atoms with van der Waals surface area (Å²) in [5.74, 6) is 0.974. The van der Waals surface area contributed by atoms with E-state index >= 15 is 0 Å². The number of hydrogen-bond acceptors (Lipinski definition) is 6. The molecule has 0 aromatic carbocycles. The first-order chi connectivity index (χ1) is 8.21. The van der Waals surface area contributed by atoms with Crippen LogP contribution in [0.25, 0.3) is 0 Å². The first kappa shape index (κ1) is 11.9. The van der Waals surface area contributed by atoms with Crippen molar-refractivity contribution in [2.75, 3.05) is 30.8 Å². The largest absolute Gasteiger partial charge is 0.476 e. The summed E-state index contributed by atoms with van der Waals surface area (Å²) in [6.07, 6.45) is 3.50. The van der Waals surface area contributed by atoms with Gasteiger partial charge in [-0.1, -0.05) is 0 Å². The second kappa shape index (κ2) is 4.75. The summed E-state index contributed by atoms with van der Waals surface area (Å²) in [5, 5.41) is 12.4. The van der Waals surface area contributed by atoms with E-state index in [1.807, 2.05) is 6.92 Å². The molecule has 6 nitrogen and oxygen atoms in total. The molecule has 0 atom stereocenters. The van der Waals surface area contributed by atoms with E-state index in [1.54, 1.807) is 0 Å². The summed E-state index contributed by atoms with van der Waals surface area (Å²) >= 11 is 0. The Morgan fingerprint density at radius 2 is 2.29 bits per heavy atom. The van der Waals surface area contributed by atoms with Gasteiger partial charge in [0.25, 0.3) is 0 Å². The number of nitrogens with zero attached hydrogens (tertiary/aromatic N) is 2. The van der Waals surface area contributed by atoms with Crippen molar-refractivity contribution in [2.24, 2.45) is 5.41 Å². The summed E-state index contributed by atoms with van der Waals surface area (Å²) in [7, 11) is 0. The quantitative estimate of drug-likeness (QED) is 0.673. The van der Waals surface area contributed by atoms with E-state index in [9.17, 15) is 5.11 Å². The number of nitrogen functional groups attached to an aromatic ring is 1. The molecular weight excluding hydrogens is 220 g/mol. The van der Waals surface area contributed by atoms with Gasteiger partial charge in [0.15, 0.2) is 5.82 Å². The number of nitrogens with two attached hydrogens (primary N) is 1. The minimum Gasteiger partial charge on any atom is -0.476 e. The van der Waals surface area contributed by atoms with Crippen molar-refractivity contribution >= 4 is 11.5 Å². The van der Waals surface area contributed by atoms with E-state index in [-0.39, 0.29) is 12.0 Å². The second-order valence-corrected chi connectivity index (χ2v) is 4.39. The fraction of sp³-hybridized carbons (Fsp3) is 0.636. The molecule has 2 rings (SSSR count). The molecule has 1 aromatic rings. The van der Waals surface area contributed by atoms with Gasteiger partial charge in [-0.15, -0.1) is 0 Å². The Hall–Kier alpha value is -1.56. The van der Waals surface area contributed by atoms with Crippen LogP contribution in [0.4, 0.5) is 11.5 Å². The molecule has 94 valence electrons. The highest BCUT2D eigenvalue weighted by molar-refractivity contribution is 5.66. The van der Waals surface area contributed by atoms with Crippen LogP contribution in [0.15, 0.2) is 6.33 Å². The Labute approximate surface area is 100 Å². The second-order valence-electron chi connectivity index (χ2n) is 4.39. The Balaban J connectivity index is 2.03. The SMILES string of the molecule is CCOc1ncnc(NCC2(CO)CC2)c1N. The summed E-state index contributed by atoms with van der Waals surface area (Å²) in [6.45, 7) is 3.26. The number of nitrogens with one attached hydrogen (secondary N) is 1. The van der Waals surface area contributed by atoms with Crippen molar-refractivity contribution in [3.8, 4) is 5.88 Å². The number of aliphatic hydroxyl groups excluding tert-OH is 1. The number of anilines is 2. The third-order valence-corrected chi connectivity index (χ3v) is 3.05. The number of rotatable bonds is 6. The molecule has 1 fully saturated rings. The predicted molar refractivity (Wildman–Crippen MR) is 64.9 cm³/mol. The highest BCUT2D eigenvalue weighted by Gasteiger charge is 2.41. The molecule has 0 aliphatic heterocycles. The number of aromatic nitrogens is 2. The van der Waals surface area contributed by atoms with Gasteiger partial charge in [-0.25, -0.2) is 4.98 Å². The maximum atomic E-state index is 9.21. The number of aliphatic hydroxyl groups is 1. The lowest BCUT2D eigenvalue weighted by Crippen LogP contribution is -2.20. The van der Waals surface area contributed by atoms with Crippen LogP contribution in [0.5, 0.6) is 5.88 Å². The zero-order chi connectivity index (χ0) is 12.3. The van der Waals surface area contributed by atoms with Crippen molar-refractivity contribution in [3.05, 3.63) is 6.33 Å². The molecule has 1 aromatic heterocycles. The Morgan fingerprint density at radius 1 is 1.53 bits per heavy atom. The highest BCUT2D eigenvalue weighted by atomic mass is 16.5. The Kier molecular flexibility index (Phi) is 3.33. The van der Waals surface area contributed by atoms with Gasteiger partial charge >= 0.3 is 0 Å². The maximum Gasteiger partial charge on any atom is 0.242 e. The standard InChI is InChI=1S/C11H18N4O2/c1-2-17-10-8(12)9(14-7-15-10)13-5-11(6-16)3-4-11/h7,16H,2-6,12H2,1H3,(H,13,14,15). The van der Waals surface area contributed by atoms with Crippen LogP contribution in [-0.2, 0) is 0 Å². The minimum atomic E-state index is 0.0170. The minimum absolute atomic E-state index is 0.0170. The lowest BCUT2D eigenvalue weighted by atomic mass is 10.1. The first-order valence-electron chi connectivity index (χ1n) is 5.79. The van der Waals surface area contributed by atoms with Gasteiger partial charge in [-0.3, -0.25) is 0 Å². The fourth-order valence-corrected chi connectivity index (χ4v) is 1.61. The van der Waals surface area contributed by atoms with Crippen molar-refractivity contribution < 1.29 is 9.84 Å². The van der Waals surface area contributed by atoms with Crippen LogP contribution in [0, 0.1) is 5.41 Å². The maximum absolute atomic E-state index is 9.21. The molecule has 0 unspecified atom stereocenters. The van der Waals surface area contributed by atoms with Crippen LogP contribution >= 0.6 is 0 Å². The molecular formula is C11H18N4O2. The summed E-state index contributed by atoms with van der Waals surface area (Å²) in [4.78, 5) is 8.04. The molecule has 6 heteroatoms. The van der Waals surface area contributed by atoms with E-state index in [0.29, 0.717) is 30.5 Å². The van der Waals surface area contributed by atoms with Crippen molar-refractivity contribution in [3.63, 3.8) is 0 Å². The van der Waals surface area contributed by atoms with Crippen LogP contribution in [0.2, 0.25) is 0 Å². The predicted octanol–water partition coefficient (Wildman–Crippen LogP) is 0.642. The molecule has 1 heterocycles. The molecule has 4 N–H and O–H groups in total. The normalized spacial score (nSPS) is 16.6. The smallest absolute Gasteiger partial charge is 0.242 e. The summed E-state index contributed by atoms with van der Waals surface area (Å²) < 4.78 is 5.29. The van der Waals surface area contributed by atoms with Gasteiger partial charge in [-0.05, 0) is 19.8 Å². The third kappa shape index (κ3) is 2.58. The molecule has 17 heavy (non-hydrogen) atoms. The fourth-order valence-electron chi connectivity index (χ4n) is 1.61. The third-order valence-electron chi connectivity index (χ3n) is 3.05. The molecule has 0 spiro atoms. The van der Waals surface area contributed by atoms with Gasteiger partial charge in [-0.2, -0.15) is 4.98 Å². The van der Waals surface area contributed by atoms with Gasteiger partial charge in [0.1, 0.15) is 12.0 Å². The van der Waals surface area contributed by atoms with Crippen LogP contribution < -0.4 is 15.8 Å². The topological polar surface area (TPSA) is 93.3 Å². The Bertz CT molecular complexity index is 393. The van der Waals surface area contributed by atoms with Gasteiger partial charge in [0, 0.05) is 12.0 Å². The molecule has 0 amide bonds. The molecule has 1 aliphatic carbocycles. The van der Waals surface area contributed by atoms with Crippen LogP contribution in [0.1, 0.15) is 19.8 Å².